The summed E-state index contributed by atoms with van der Waals surface area (Å²) in [5.41, 5.74) is 5.48. The highest BCUT2D eigenvalue weighted by atomic mass is 16.9. The van der Waals surface area contributed by atoms with E-state index in [1.54, 1.807) is 0 Å². The first-order valence-electron chi connectivity index (χ1n) is 16.6. The number of rotatable bonds is 20. The largest absolute Gasteiger partial charge is 0.410 e. The van der Waals surface area contributed by atoms with Crippen molar-refractivity contribution in [2.75, 3.05) is 33.0 Å². The maximum Gasteiger partial charge on any atom is 0.332 e. The topological polar surface area (TPSA) is 327 Å². The van der Waals surface area contributed by atoms with Crippen LogP contribution < -0.4 is 5.73 Å². The predicted octanol–water partition coefficient (Wildman–Crippen LogP) is -5.54. The average molecular weight is 732 g/mol. The van der Waals surface area contributed by atoms with Gasteiger partial charge in [-0.25, -0.2) is 0 Å². The second-order valence-electron chi connectivity index (χ2n) is 12.8. The highest BCUT2D eigenvalue weighted by Crippen LogP contribution is 2.39. The molecule has 14 unspecified atom stereocenters. The molecule has 20 nitrogen and oxygen atoms in total. The first-order chi connectivity index (χ1) is 23.7. The van der Waals surface area contributed by atoms with Gasteiger partial charge in [-0.3, -0.25) is 4.79 Å². The molecule has 0 amide bonds. The van der Waals surface area contributed by atoms with E-state index in [4.69, 9.17) is 38.9 Å². The smallest absolute Gasteiger partial charge is 0.332 e. The minimum absolute atomic E-state index is 0.115. The summed E-state index contributed by atoms with van der Waals surface area (Å²) < 4.78 is 38.8. The summed E-state index contributed by atoms with van der Waals surface area (Å²) >= 11 is 0. The SMILES string of the molecule is CC(=O)CC1C(O)CC(OC=O)(OCC2OC(OC3C(CO)OC(OCCCCCCN)C(O)C3O)C(O)C(O)C2O)OC1[C@H](O)[C@H](O)CO. The lowest BCUT2D eigenvalue weighted by atomic mass is 9.82. The molecule has 12 N–H and O–H groups in total. The van der Waals surface area contributed by atoms with Crippen molar-refractivity contribution in [2.24, 2.45) is 11.7 Å². The van der Waals surface area contributed by atoms with E-state index in [-0.39, 0.29) is 19.5 Å². The second-order valence-corrected chi connectivity index (χ2v) is 12.8. The third-order valence-corrected chi connectivity index (χ3v) is 8.99. The molecule has 0 radical (unpaired) electrons. The third-order valence-electron chi connectivity index (χ3n) is 8.99. The van der Waals surface area contributed by atoms with Gasteiger partial charge >= 0.3 is 5.97 Å². The van der Waals surface area contributed by atoms with Gasteiger partial charge in [0.05, 0.1) is 38.4 Å². The number of carbonyl (C=O) groups excluding carboxylic acids is 2. The monoisotopic (exact) mass is 731 g/mol. The molecule has 3 heterocycles. The molecule has 0 bridgehead atoms. The number of carbonyl (C=O) groups is 2. The molecule has 0 saturated carbocycles. The minimum Gasteiger partial charge on any atom is -0.410 e. The Balaban J connectivity index is 1.72. The molecule has 0 aromatic carbocycles. The number of Topliss-reactive ketones (excluding diaryl/α,β-unsaturated/α-hetero) is 1. The molecule has 3 fully saturated rings. The van der Waals surface area contributed by atoms with Gasteiger partial charge < -0.3 is 94.8 Å². The summed E-state index contributed by atoms with van der Waals surface area (Å²) in [6.07, 6.45) is -21.6. The van der Waals surface area contributed by atoms with E-state index in [2.05, 4.69) is 0 Å². The van der Waals surface area contributed by atoms with E-state index in [0.29, 0.717) is 13.0 Å². The van der Waals surface area contributed by atoms with Crippen LogP contribution in [0.4, 0.5) is 0 Å². The van der Waals surface area contributed by atoms with Gasteiger partial charge in [0.1, 0.15) is 66.8 Å². The van der Waals surface area contributed by atoms with Crippen LogP contribution in [0.25, 0.3) is 0 Å². The van der Waals surface area contributed by atoms with E-state index < -0.39 is 130 Å². The summed E-state index contributed by atoms with van der Waals surface area (Å²) in [6, 6.07) is 0. The normalized spacial score (nSPS) is 40.6. The van der Waals surface area contributed by atoms with Gasteiger partial charge in [0, 0.05) is 18.9 Å². The molecule has 50 heavy (non-hydrogen) atoms. The van der Waals surface area contributed by atoms with Crippen LogP contribution in [-0.4, -0.2) is 188 Å². The van der Waals surface area contributed by atoms with Crippen molar-refractivity contribution in [3.63, 3.8) is 0 Å². The Morgan fingerprint density at radius 1 is 0.920 bits per heavy atom. The molecule has 16 atom stereocenters. The number of ketones is 1. The van der Waals surface area contributed by atoms with E-state index in [1.165, 1.54) is 6.92 Å². The van der Waals surface area contributed by atoms with Crippen LogP contribution in [0.2, 0.25) is 0 Å². The Bertz CT molecular complexity index is 1030. The summed E-state index contributed by atoms with van der Waals surface area (Å²) in [5, 5.41) is 105. The van der Waals surface area contributed by atoms with Crippen LogP contribution in [0.5, 0.6) is 0 Å². The van der Waals surface area contributed by atoms with Crippen molar-refractivity contribution in [2.45, 2.75) is 137 Å². The Hall–Kier alpha value is -1.54. The maximum absolute atomic E-state index is 11.9. The average Bonchev–Trinajstić information content (AvgIpc) is 3.09. The van der Waals surface area contributed by atoms with E-state index >= 15 is 0 Å². The van der Waals surface area contributed by atoms with Crippen molar-refractivity contribution >= 4 is 12.3 Å². The zero-order valence-corrected chi connectivity index (χ0v) is 27.7. The van der Waals surface area contributed by atoms with Crippen molar-refractivity contribution in [3.05, 3.63) is 0 Å². The van der Waals surface area contributed by atoms with Crippen LogP contribution in [0.1, 0.15) is 45.4 Å². The molecule has 3 aliphatic rings. The zero-order chi connectivity index (χ0) is 37.2. The van der Waals surface area contributed by atoms with Crippen LogP contribution in [0.3, 0.4) is 0 Å². The van der Waals surface area contributed by atoms with Gasteiger partial charge in [-0.2, -0.15) is 0 Å². The van der Waals surface area contributed by atoms with Crippen molar-refractivity contribution in [1.82, 2.24) is 0 Å². The van der Waals surface area contributed by atoms with Gasteiger partial charge in [0.2, 0.25) is 0 Å². The van der Waals surface area contributed by atoms with Crippen LogP contribution in [-0.2, 0) is 42.7 Å². The first-order valence-corrected chi connectivity index (χ1v) is 16.6. The Morgan fingerprint density at radius 2 is 1.58 bits per heavy atom. The lowest BCUT2D eigenvalue weighted by Crippen LogP contribution is -2.65. The van der Waals surface area contributed by atoms with Gasteiger partial charge in [-0.1, -0.05) is 12.8 Å². The standard InChI is InChI=1S/C30H53NO19/c1-14(35)8-15-16(36)9-30(46-13-34,50-26(15)20(38)17(37)10-32)45-12-19-21(39)22(40)24(42)29(48-19)49-27-18(11-33)47-28(25(43)23(27)41)44-7-5-3-2-4-6-31/h13,15-29,32-33,36-43H,2-12,31H2,1H3/t15?,16?,17-,18?,19?,20-,21?,22?,23?,24?,25?,26?,27?,28?,29?,30?/m1/s1. The second kappa shape index (κ2) is 20.1. The quantitative estimate of drug-likeness (QED) is 0.0316. The first kappa shape index (κ1) is 42.9. The molecule has 0 aromatic heterocycles. The molecule has 20 heteroatoms. The number of unbranched alkanes of at least 4 members (excludes halogenated alkanes) is 3. The van der Waals surface area contributed by atoms with Gasteiger partial charge in [0.25, 0.3) is 6.47 Å². The lowest BCUT2D eigenvalue weighted by Gasteiger charge is -2.48. The zero-order valence-electron chi connectivity index (χ0n) is 27.7. The van der Waals surface area contributed by atoms with Crippen LogP contribution in [0, 0.1) is 5.92 Å². The van der Waals surface area contributed by atoms with Crippen molar-refractivity contribution in [3.8, 4) is 0 Å². The number of aliphatic hydroxyl groups excluding tert-OH is 10. The van der Waals surface area contributed by atoms with Gasteiger partial charge in [-0.05, 0) is 26.3 Å². The Kier molecular flexibility index (Phi) is 17.2. The highest BCUT2D eigenvalue weighted by Gasteiger charge is 2.55. The van der Waals surface area contributed by atoms with Gasteiger partial charge in [0.15, 0.2) is 12.6 Å². The number of hydrogen-bond acceptors (Lipinski definition) is 20. The molecule has 0 spiro atoms. The van der Waals surface area contributed by atoms with Crippen molar-refractivity contribution in [1.29, 1.82) is 0 Å². The van der Waals surface area contributed by atoms with Crippen molar-refractivity contribution < 1.29 is 93.8 Å². The molecule has 0 aliphatic carbocycles. The Morgan fingerprint density at radius 3 is 2.20 bits per heavy atom. The van der Waals surface area contributed by atoms with E-state index in [1.807, 2.05) is 0 Å². The highest BCUT2D eigenvalue weighted by molar-refractivity contribution is 5.75. The van der Waals surface area contributed by atoms with E-state index in [0.717, 1.165) is 19.3 Å². The fourth-order valence-electron chi connectivity index (χ4n) is 6.17. The molecule has 292 valence electrons. The number of ether oxygens (including phenoxy) is 7. The fourth-order valence-corrected chi connectivity index (χ4v) is 6.17. The molecule has 0 aromatic rings. The number of aliphatic hydroxyl groups is 10. The van der Waals surface area contributed by atoms with Crippen LogP contribution >= 0.6 is 0 Å². The lowest BCUT2D eigenvalue weighted by molar-refractivity contribution is -0.424. The summed E-state index contributed by atoms with van der Waals surface area (Å²) in [4.78, 5) is 23.4. The number of hydrogen-bond donors (Lipinski definition) is 11. The minimum atomic E-state index is -2.52. The summed E-state index contributed by atoms with van der Waals surface area (Å²) in [6.45, 7) is -0.663. The molecular formula is C30H53NO19. The predicted molar refractivity (Wildman–Crippen MR) is 162 cm³/mol. The third kappa shape index (κ3) is 10.8. The van der Waals surface area contributed by atoms with Crippen LogP contribution in [0.15, 0.2) is 0 Å². The van der Waals surface area contributed by atoms with Gasteiger partial charge in [-0.15, -0.1) is 0 Å². The maximum atomic E-state index is 11.9. The molecular weight excluding hydrogens is 678 g/mol. The molecule has 3 rings (SSSR count). The summed E-state index contributed by atoms with van der Waals surface area (Å²) in [7, 11) is 0. The Labute approximate surface area is 288 Å². The molecule has 3 saturated heterocycles. The fraction of sp³-hybridized carbons (Fsp3) is 0.933. The van der Waals surface area contributed by atoms with E-state index in [9.17, 15) is 60.7 Å². The number of nitrogens with two attached hydrogens (primary N) is 1. The molecule has 3 aliphatic heterocycles. The summed E-state index contributed by atoms with van der Waals surface area (Å²) in [5.74, 6) is -4.08.